The van der Waals surface area contributed by atoms with Gasteiger partial charge in [-0.05, 0) is 49.4 Å². The Labute approximate surface area is 234 Å². The van der Waals surface area contributed by atoms with Crippen molar-refractivity contribution in [2.75, 3.05) is 0 Å². The predicted molar refractivity (Wildman–Crippen MR) is 133 cm³/mol. The molecule has 0 amide bonds. The van der Waals surface area contributed by atoms with Gasteiger partial charge in [0.05, 0.1) is 20.1 Å². The van der Waals surface area contributed by atoms with Crippen molar-refractivity contribution in [2.24, 2.45) is 23.7 Å². The highest BCUT2D eigenvalue weighted by Gasteiger charge is 2.84. The minimum Gasteiger partial charge on any atom is -0.110 e. The molecule has 5 aliphatic rings. The maximum atomic E-state index is 7.03. The third-order valence-electron chi connectivity index (χ3n) is 8.05. The van der Waals surface area contributed by atoms with Gasteiger partial charge in [0.25, 0.3) is 0 Å². The van der Waals surface area contributed by atoms with Crippen LogP contribution in [0.15, 0.2) is 20.1 Å². The first-order chi connectivity index (χ1) is 13.6. The molecule has 0 heterocycles. The van der Waals surface area contributed by atoms with Crippen LogP contribution in [0.25, 0.3) is 0 Å². The van der Waals surface area contributed by atoms with E-state index in [9.17, 15) is 0 Å². The summed E-state index contributed by atoms with van der Waals surface area (Å²) >= 11 is 80.6. The second-order valence-corrected chi connectivity index (χ2v) is 15.5. The lowest BCUT2D eigenvalue weighted by molar-refractivity contribution is 0.126. The van der Waals surface area contributed by atoms with Crippen LogP contribution in [0.1, 0.15) is 25.7 Å². The zero-order valence-corrected chi connectivity index (χ0v) is 23.7. The first-order valence-corrected chi connectivity index (χ1v) is 13.7. The van der Waals surface area contributed by atoms with Gasteiger partial charge in [0.2, 0.25) is 0 Å². The standard InChI is InChI=1S/C18H12Cl12/c19-9-10(20)16(26)8(4-13(9,23)17(16,27)28)5-1-2-6-7(3-5)15(25)12(22)11(21)14(6,24)18(15,29)30/h5-8H,1-4H2/t5-,6+,7+,8+,13-,14-,15+,16-/m0/s1. The van der Waals surface area contributed by atoms with Crippen LogP contribution >= 0.6 is 139 Å². The average Bonchev–Trinajstić information content (AvgIpc) is 3.03. The summed E-state index contributed by atoms with van der Waals surface area (Å²) in [4.78, 5) is -5.15. The van der Waals surface area contributed by atoms with Gasteiger partial charge in [0.15, 0.2) is 8.67 Å². The van der Waals surface area contributed by atoms with Crippen LogP contribution in [0.4, 0.5) is 0 Å². The van der Waals surface area contributed by atoms with Gasteiger partial charge in [-0.25, -0.2) is 0 Å². The van der Waals surface area contributed by atoms with Crippen molar-refractivity contribution in [1.29, 1.82) is 0 Å². The molecule has 0 aromatic heterocycles. The van der Waals surface area contributed by atoms with Gasteiger partial charge in [-0.3, -0.25) is 0 Å². The van der Waals surface area contributed by atoms with Gasteiger partial charge >= 0.3 is 0 Å². The van der Waals surface area contributed by atoms with Crippen LogP contribution in [0.3, 0.4) is 0 Å². The monoisotopic (exact) mass is 648 g/mol. The molecule has 0 unspecified atom stereocenters. The highest BCUT2D eigenvalue weighted by Crippen LogP contribution is 2.80. The SMILES string of the molecule is ClC1=C(Cl)[C@@]2(Cl)C[C@H]([C@H]3CC[C@@H]4[C@@H](C3)[C@@]3(Cl)C(Cl)=C(Cl)[C@]4(Cl)C3(Cl)Cl)[C@@]1(Cl)C2(Cl)Cl. The number of rotatable bonds is 1. The van der Waals surface area contributed by atoms with E-state index in [2.05, 4.69) is 0 Å². The Morgan fingerprint density at radius 1 is 0.533 bits per heavy atom. The molecular formula is C18H12Cl12. The molecule has 30 heavy (non-hydrogen) atoms. The van der Waals surface area contributed by atoms with Crippen molar-refractivity contribution < 1.29 is 0 Å². The summed E-state index contributed by atoms with van der Waals surface area (Å²) in [6.45, 7) is 0. The fourth-order valence-corrected chi connectivity index (χ4v) is 12.6. The molecule has 168 valence electrons. The van der Waals surface area contributed by atoms with Crippen LogP contribution in [0, 0.1) is 23.7 Å². The minimum absolute atomic E-state index is 0.0161. The van der Waals surface area contributed by atoms with E-state index in [0.29, 0.717) is 19.3 Å². The first-order valence-electron chi connectivity index (χ1n) is 9.20. The van der Waals surface area contributed by atoms with Crippen LogP contribution in [0.5, 0.6) is 0 Å². The van der Waals surface area contributed by atoms with E-state index >= 15 is 0 Å². The van der Waals surface area contributed by atoms with Crippen LogP contribution in [-0.4, -0.2) is 28.2 Å². The molecule has 8 atom stereocenters. The number of alkyl halides is 8. The zero-order chi connectivity index (χ0) is 22.4. The highest BCUT2D eigenvalue weighted by atomic mass is 35.5. The van der Waals surface area contributed by atoms with Crippen molar-refractivity contribution in [3.63, 3.8) is 0 Å². The molecule has 0 N–H and O–H groups in total. The molecule has 0 saturated heterocycles. The van der Waals surface area contributed by atoms with Crippen molar-refractivity contribution in [2.45, 2.75) is 53.8 Å². The Kier molecular flexibility index (Phi) is 5.61. The van der Waals surface area contributed by atoms with Gasteiger partial charge in [-0.2, -0.15) is 0 Å². The third-order valence-corrected chi connectivity index (χ3v) is 16.7. The Balaban J connectivity index is 1.55. The molecule has 0 aromatic rings. The molecule has 0 aliphatic heterocycles. The summed E-state index contributed by atoms with van der Waals surface area (Å²) in [6, 6.07) is 0. The van der Waals surface area contributed by atoms with E-state index < -0.39 is 28.2 Å². The Morgan fingerprint density at radius 3 is 1.50 bits per heavy atom. The van der Waals surface area contributed by atoms with E-state index in [0.717, 1.165) is 6.42 Å². The smallest absolute Gasteiger partial charge is 0.110 e. The van der Waals surface area contributed by atoms with Crippen molar-refractivity contribution in [3.8, 4) is 0 Å². The lowest BCUT2D eigenvalue weighted by Gasteiger charge is -2.47. The number of allylic oxidation sites excluding steroid dienone is 4. The summed E-state index contributed by atoms with van der Waals surface area (Å²) in [6.07, 6.45) is 2.37. The molecular weight excluding hydrogens is 642 g/mol. The number of hydrogen-bond donors (Lipinski definition) is 0. The largest absolute Gasteiger partial charge is 0.166 e. The Morgan fingerprint density at radius 2 is 1.00 bits per heavy atom. The fourth-order valence-electron chi connectivity index (χ4n) is 6.58. The summed E-state index contributed by atoms with van der Waals surface area (Å²) < 4.78 is -3.13. The summed E-state index contributed by atoms with van der Waals surface area (Å²) in [5, 5.41) is 0.802. The molecule has 3 fully saturated rings. The second kappa shape index (κ2) is 6.83. The number of halogens is 12. The molecule has 5 aliphatic carbocycles. The molecule has 0 nitrogen and oxygen atoms in total. The second-order valence-electron chi connectivity index (χ2n) is 8.94. The normalized spacial score (nSPS) is 55.6. The third kappa shape index (κ3) is 2.26. The molecule has 0 radical (unpaired) electrons. The summed E-state index contributed by atoms with van der Waals surface area (Å²) in [5.41, 5.74) is 0. The molecule has 12 heteroatoms. The first kappa shape index (κ1) is 24.6. The van der Waals surface area contributed by atoms with Crippen molar-refractivity contribution in [3.05, 3.63) is 20.1 Å². The lowest BCUT2D eigenvalue weighted by atomic mass is 9.64. The van der Waals surface area contributed by atoms with Gasteiger partial charge in [-0.1, -0.05) is 92.8 Å². The van der Waals surface area contributed by atoms with Crippen molar-refractivity contribution in [1.82, 2.24) is 0 Å². The van der Waals surface area contributed by atoms with Crippen LogP contribution in [0.2, 0.25) is 0 Å². The maximum Gasteiger partial charge on any atom is 0.166 e. The number of fused-ring (bicyclic) bond motifs is 7. The summed E-state index contributed by atoms with van der Waals surface area (Å²) in [5.74, 6) is -0.614. The Bertz CT molecular complexity index is 922. The fraction of sp³-hybridized carbons (Fsp3) is 0.778. The van der Waals surface area contributed by atoms with Gasteiger partial charge in [-0.15, -0.1) is 46.4 Å². The van der Waals surface area contributed by atoms with E-state index in [-0.39, 0.29) is 43.8 Å². The topological polar surface area (TPSA) is 0 Å². The van der Waals surface area contributed by atoms with E-state index in [4.69, 9.17) is 139 Å². The van der Waals surface area contributed by atoms with E-state index in [1.165, 1.54) is 0 Å². The number of hydrogen-bond acceptors (Lipinski definition) is 0. The molecule has 0 aromatic carbocycles. The predicted octanol–water partition coefficient (Wildman–Crippen LogP) is 9.72. The van der Waals surface area contributed by atoms with E-state index in [1.54, 1.807) is 0 Å². The molecule has 4 bridgehead atoms. The van der Waals surface area contributed by atoms with E-state index in [1.807, 2.05) is 0 Å². The lowest BCUT2D eigenvalue weighted by Crippen LogP contribution is -2.48. The zero-order valence-electron chi connectivity index (χ0n) is 14.7. The molecule has 0 spiro atoms. The quantitative estimate of drug-likeness (QED) is 0.247. The minimum atomic E-state index is -1.57. The molecule has 3 saturated carbocycles. The highest BCUT2D eigenvalue weighted by molar-refractivity contribution is 6.66. The average molecular weight is 654 g/mol. The maximum absolute atomic E-state index is 7.03. The van der Waals surface area contributed by atoms with Gasteiger partial charge < -0.3 is 0 Å². The van der Waals surface area contributed by atoms with Gasteiger partial charge in [0.1, 0.15) is 19.5 Å². The Hall–Kier alpha value is 2.96. The summed E-state index contributed by atoms with van der Waals surface area (Å²) in [7, 11) is 0. The van der Waals surface area contributed by atoms with Crippen LogP contribution < -0.4 is 0 Å². The van der Waals surface area contributed by atoms with Gasteiger partial charge in [0, 0.05) is 0 Å². The van der Waals surface area contributed by atoms with Crippen molar-refractivity contribution >= 4 is 139 Å². The van der Waals surface area contributed by atoms with Crippen LogP contribution in [-0.2, 0) is 0 Å². The molecule has 5 rings (SSSR count).